The number of rotatable bonds is 7. The summed E-state index contributed by atoms with van der Waals surface area (Å²) in [5, 5.41) is 2.65. The maximum absolute atomic E-state index is 11.8. The molecule has 7 nitrogen and oxygen atoms in total. The number of nitrogens with one attached hydrogen (secondary N) is 2. The minimum atomic E-state index is -3.45. The number of benzene rings is 1. The fraction of sp³-hybridized carbons (Fsp3) is 0.462. The molecule has 0 heterocycles. The number of carbonyl (C=O) groups excluding carboxylic acids is 1. The zero-order valence-electron chi connectivity index (χ0n) is 12.8. The third-order valence-corrected chi connectivity index (χ3v) is 3.29. The molecule has 0 aliphatic rings. The minimum Gasteiger partial charge on any atom is -0.495 e. The summed E-state index contributed by atoms with van der Waals surface area (Å²) >= 11 is 0. The highest BCUT2D eigenvalue weighted by Gasteiger charge is 2.14. The van der Waals surface area contributed by atoms with Crippen LogP contribution in [0.3, 0.4) is 0 Å². The molecule has 1 aromatic carbocycles. The van der Waals surface area contributed by atoms with Crippen molar-refractivity contribution in [3.05, 3.63) is 18.2 Å². The van der Waals surface area contributed by atoms with E-state index < -0.39 is 16.1 Å². The molecule has 0 bridgehead atoms. The Bertz CT molecular complexity index is 607. The van der Waals surface area contributed by atoms with E-state index in [4.69, 9.17) is 10.5 Å². The molecule has 0 aliphatic heterocycles. The number of anilines is 2. The highest BCUT2D eigenvalue weighted by Crippen LogP contribution is 2.28. The van der Waals surface area contributed by atoms with E-state index in [1.54, 1.807) is 12.1 Å². The van der Waals surface area contributed by atoms with Crippen molar-refractivity contribution >= 4 is 39.7 Å². The van der Waals surface area contributed by atoms with E-state index >= 15 is 0 Å². The molecule has 0 fully saturated rings. The van der Waals surface area contributed by atoms with Crippen molar-refractivity contribution in [3.63, 3.8) is 0 Å². The summed E-state index contributed by atoms with van der Waals surface area (Å²) in [6.07, 6.45) is 2.42. The lowest BCUT2D eigenvalue weighted by atomic mass is 10.1. The van der Waals surface area contributed by atoms with E-state index in [0.29, 0.717) is 17.9 Å². The third-order valence-electron chi connectivity index (χ3n) is 2.70. The molecule has 0 spiro atoms. The van der Waals surface area contributed by atoms with Crippen LogP contribution in [0.2, 0.25) is 0 Å². The lowest BCUT2D eigenvalue weighted by molar-refractivity contribution is -0.117. The molecule has 1 atom stereocenters. The Kier molecular flexibility index (Phi) is 8.21. The molecule has 4 N–H and O–H groups in total. The van der Waals surface area contributed by atoms with Gasteiger partial charge in [0.25, 0.3) is 0 Å². The Hall–Kier alpha value is -1.51. The second-order valence-corrected chi connectivity index (χ2v) is 6.42. The Balaban J connectivity index is 0.00000441. The van der Waals surface area contributed by atoms with Crippen LogP contribution in [0.25, 0.3) is 0 Å². The monoisotopic (exact) mass is 351 g/mol. The molecule has 126 valence electrons. The number of methoxy groups -OCH3 is 1. The summed E-state index contributed by atoms with van der Waals surface area (Å²) in [4.78, 5) is 11.8. The molecule has 1 aromatic rings. The highest BCUT2D eigenvalue weighted by atomic mass is 35.5. The molecule has 0 aliphatic carbocycles. The first-order valence-corrected chi connectivity index (χ1v) is 8.38. The third kappa shape index (κ3) is 6.50. The van der Waals surface area contributed by atoms with Crippen molar-refractivity contribution < 1.29 is 17.9 Å². The Morgan fingerprint density at radius 1 is 1.41 bits per heavy atom. The largest absolute Gasteiger partial charge is 0.495 e. The lowest BCUT2D eigenvalue weighted by Crippen LogP contribution is -2.35. The average Bonchev–Trinajstić information content (AvgIpc) is 2.37. The van der Waals surface area contributed by atoms with Crippen LogP contribution in [0.1, 0.15) is 19.8 Å². The second kappa shape index (κ2) is 8.82. The van der Waals surface area contributed by atoms with Gasteiger partial charge < -0.3 is 15.8 Å². The SMILES string of the molecule is CCCC(N)C(=O)Nc1ccc(OC)c(NS(C)(=O)=O)c1.Cl. The molecule has 0 saturated heterocycles. The number of hydrogen-bond acceptors (Lipinski definition) is 5. The second-order valence-electron chi connectivity index (χ2n) is 4.67. The van der Waals surface area contributed by atoms with Crippen LogP contribution >= 0.6 is 12.4 Å². The molecular weight excluding hydrogens is 330 g/mol. The summed E-state index contributed by atoms with van der Waals surface area (Å²) in [6.45, 7) is 1.94. The number of halogens is 1. The first kappa shape index (κ1) is 20.5. The molecule has 0 radical (unpaired) electrons. The predicted octanol–water partition coefficient (Wildman–Crippen LogP) is 1.55. The number of nitrogens with two attached hydrogens (primary N) is 1. The molecule has 22 heavy (non-hydrogen) atoms. The van der Waals surface area contributed by atoms with E-state index in [1.165, 1.54) is 13.2 Å². The van der Waals surface area contributed by atoms with Gasteiger partial charge in [-0.3, -0.25) is 9.52 Å². The molecule has 9 heteroatoms. The maximum Gasteiger partial charge on any atom is 0.241 e. The van der Waals surface area contributed by atoms with Gasteiger partial charge in [-0.15, -0.1) is 12.4 Å². The number of ether oxygens (including phenoxy) is 1. The average molecular weight is 352 g/mol. The summed E-state index contributed by atoms with van der Waals surface area (Å²) in [6, 6.07) is 4.07. The topological polar surface area (TPSA) is 111 Å². The first-order chi connectivity index (χ1) is 9.76. The van der Waals surface area contributed by atoms with Gasteiger partial charge in [-0.25, -0.2) is 8.42 Å². The van der Waals surface area contributed by atoms with E-state index in [2.05, 4.69) is 10.0 Å². The normalized spacial score (nSPS) is 12.0. The number of sulfonamides is 1. The Labute approximate surface area is 137 Å². The van der Waals surface area contributed by atoms with Gasteiger partial charge in [0.05, 0.1) is 25.1 Å². The molecule has 1 unspecified atom stereocenters. The van der Waals surface area contributed by atoms with E-state index in [1.807, 2.05) is 6.92 Å². The summed E-state index contributed by atoms with van der Waals surface area (Å²) < 4.78 is 30.0. The minimum absolute atomic E-state index is 0. The molecule has 0 saturated carbocycles. The van der Waals surface area contributed by atoms with Gasteiger partial charge in [-0.2, -0.15) is 0 Å². The van der Waals surface area contributed by atoms with Gasteiger partial charge in [0.1, 0.15) is 5.75 Å². The van der Waals surface area contributed by atoms with Crippen molar-refractivity contribution in [2.24, 2.45) is 5.73 Å². The van der Waals surface area contributed by atoms with Crippen LogP contribution in [0.4, 0.5) is 11.4 Å². The summed E-state index contributed by atoms with van der Waals surface area (Å²) in [5.74, 6) is 0.0450. The number of amides is 1. The van der Waals surface area contributed by atoms with Crippen LogP contribution in [0.15, 0.2) is 18.2 Å². The van der Waals surface area contributed by atoms with Gasteiger partial charge in [0, 0.05) is 5.69 Å². The molecule has 1 amide bonds. The zero-order chi connectivity index (χ0) is 16.0. The molecule has 1 rings (SSSR count). The van der Waals surface area contributed by atoms with E-state index in [9.17, 15) is 13.2 Å². The fourth-order valence-corrected chi connectivity index (χ4v) is 2.30. The molecular formula is C13H22ClN3O4S. The number of carbonyl (C=O) groups is 1. The van der Waals surface area contributed by atoms with E-state index in [-0.39, 0.29) is 24.0 Å². The summed E-state index contributed by atoms with van der Waals surface area (Å²) in [5.41, 5.74) is 6.42. The fourth-order valence-electron chi connectivity index (χ4n) is 1.74. The van der Waals surface area contributed by atoms with Crippen LogP contribution in [0, 0.1) is 0 Å². The first-order valence-electron chi connectivity index (χ1n) is 6.49. The standard InChI is InChI=1S/C13H21N3O4S.ClH/c1-4-5-10(14)13(17)15-9-6-7-12(20-2)11(8-9)16-21(3,18)19;/h6-8,10,16H,4-5,14H2,1-3H3,(H,15,17);1H. The Morgan fingerprint density at radius 3 is 2.55 bits per heavy atom. The van der Waals surface area contributed by atoms with Crippen molar-refractivity contribution in [3.8, 4) is 5.75 Å². The van der Waals surface area contributed by atoms with Crippen LogP contribution in [0.5, 0.6) is 5.75 Å². The van der Waals surface area contributed by atoms with Crippen molar-refractivity contribution in [1.29, 1.82) is 0 Å². The smallest absolute Gasteiger partial charge is 0.241 e. The van der Waals surface area contributed by atoms with Gasteiger partial charge in [0.2, 0.25) is 15.9 Å². The lowest BCUT2D eigenvalue weighted by Gasteiger charge is -2.14. The van der Waals surface area contributed by atoms with Crippen molar-refractivity contribution in [2.75, 3.05) is 23.4 Å². The Morgan fingerprint density at radius 2 is 2.05 bits per heavy atom. The van der Waals surface area contributed by atoms with Gasteiger partial charge >= 0.3 is 0 Å². The van der Waals surface area contributed by atoms with Crippen LogP contribution in [-0.2, 0) is 14.8 Å². The predicted molar refractivity (Wildman–Crippen MR) is 90.2 cm³/mol. The van der Waals surface area contributed by atoms with Crippen molar-refractivity contribution in [1.82, 2.24) is 0 Å². The summed E-state index contributed by atoms with van der Waals surface area (Å²) in [7, 11) is -2.02. The highest BCUT2D eigenvalue weighted by molar-refractivity contribution is 7.92. The maximum atomic E-state index is 11.8. The van der Waals surface area contributed by atoms with E-state index in [0.717, 1.165) is 12.7 Å². The van der Waals surface area contributed by atoms with Crippen molar-refractivity contribution in [2.45, 2.75) is 25.8 Å². The van der Waals surface area contributed by atoms with Crippen LogP contribution < -0.4 is 20.5 Å². The van der Waals surface area contributed by atoms with Gasteiger partial charge in [-0.05, 0) is 24.6 Å². The number of hydrogen-bond donors (Lipinski definition) is 3. The quantitative estimate of drug-likeness (QED) is 0.690. The van der Waals surface area contributed by atoms with Crippen LogP contribution in [-0.4, -0.2) is 33.7 Å². The zero-order valence-corrected chi connectivity index (χ0v) is 14.4. The molecule has 0 aromatic heterocycles. The van der Waals surface area contributed by atoms with Gasteiger partial charge in [-0.1, -0.05) is 13.3 Å². The van der Waals surface area contributed by atoms with Gasteiger partial charge in [0.15, 0.2) is 0 Å².